The van der Waals surface area contributed by atoms with Crippen molar-refractivity contribution in [3.63, 3.8) is 0 Å². The molecule has 0 saturated carbocycles. The van der Waals surface area contributed by atoms with Crippen molar-refractivity contribution in [2.75, 3.05) is 5.32 Å². The highest BCUT2D eigenvalue weighted by Gasteiger charge is 2.18. The largest absolute Gasteiger partial charge is 0.478 e. The Morgan fingerprint density at radius 3 is 2.43 bits per heavy atom. The minimum atomic E-state index is -0.999. The average Bonchev–Trinajstić information content (AvgIpc) is 2.76. The first-order valence-electron chi connectivity index (χ1n) is 9.61. The van der Waals surface area contributed by atoms with E-state index in [4.69, 9.17) is 4.98 Å². The van der Waals surface area contributed by atoms with E-state index in [9.17, 15) is 14.7 Å². The lowest BCUT2D eigenvalue weighted by molar-refractivity contribution is 0.0698. The number of hydrogen-bond acceptors (Lipinski definition) is 4. The van der Waals surface area contributed by atoms with E-state index in [2.05, 4.69) is 5.32 Å². The van der Waals surface area contributed by atoms with Gasteiger partial charge in [0.2, 0.25) is 0 Å². The maximum absolute atomic E-state index is 13.0. The van der Waals surface area contributed by atoms with Gasteiger partial charge in [-0.25, -0.2) is 9.78 Å². The van der Waals surface area contributed by atoms with Crippen molar-refractivity contribution < 1.29 is 9.90 Å². The van der Waals surface area contributed by atoms with Crippen molar-refractivity contribution in [3.05, 3.63) is 94.3 Å². The van der Waals surface area contributed by atoms with E-state index in [-0.39, 0.29) is 17.2 Å². The Hall–Kier alpha value is -3.93. The summed E-state index contributed by atoms with van der Waals surface area (Å²) in [5.74, 6) is -0.416. The first-order chi connectivity index (χ1) is 14.5. The van der Waals surface area contributed by atoms with E-state index in [1.165, 1.54) is 0 Å². The van der Waals surface area contributed by atoms with Crippen LogP contribution in [0.5, 0.6) is 0 Å². The number of rotatable bonds is 5. The van der Waals surface area contributed by atoms with Gasteiger partial charge < -0.3 is 10.4 Å². The van der Waals surface area contributed by atoms with Crippen molar-refractivity contribution >= 4 is 22.6 Å². The van der Waals surface area contributed by atoms with Gasteiger partial charge in [0.25, 0.3) is 5.56 Å². The zero-order chi connectivity index (χ0) is 21.3. The van der Waals surface area contributed by atoms with E-state index >= 15 is 0 Å². The second kappa shape index (κ2) is 7.83. The quantitative estimate of drug-likeness (QED) is 0.517. The topological polar surface area (TPSA) is 84.2 Å². The van der Waals surface area contributed by atoms with Gasteiger partial charge >= 0.3 is 5.97 Å². The van der Waals surface area contributed by atoms with Crippen LogP contribution in [0.1, 0.15) is 28.9 Å². The molecule has 0 spiro atoms. The highest BCUT2D eigenvalue weighted by atomic mass is 16.4. The van der Waals surface area contributed by atoms with Gasteiger partial charge in [-0.15, -0.1) is 0 Å². The number of hydrogen-bond donors (Lipinski definition) is 2. The Labute approximate surface area is 173 Å². The highest BCUT2D eigenvalue weighted by Crippen LogP contribution is 2.27. The number of carbonyl (C=O) groups is 1. The fourth-order valence-electron chi connectivity index (χ4n) is 3.62. The summed E-state index contributed by atoms with van der Waals surface area (Å²) >= 11 is 0. The van der Waals surface area contributed by atoms with E-state index in [1.807, 2.05) is 49.4 Å². The second-order valence-electron chi connectivity index (χ2n) is 7.13. The van der Waals surface area contributed by atoms with E-state index in [0.717, 1.165) is 11.1 Å². The number of aromatic carboxylic acids is 1. The molecule has 4 rings (SSSR count). The molecule has 1 heterocycles. The molecule has 0 fully saturated rings. The molecule has 2 N–H and O–H groups in total. The fraction of sp³-hybridized carbons (Fsp3) is 0.125. The maximum atomic E-state index is 13.0. The summed E-state index contributed by atoms with van der Waals surface area (Å²) in [5.41, 5.74) is 2.86. The lowest BCUT2D eigenvalue weighted by Crippen LogP contribution is -2.21. The lowest BCUT2D eigenvalue weighted by Gasteiger charge is -2.19. The summed E-state index contributed by atoms with van der Waals surface area (Å²) in [6, 6.07) is 21.6. The monoisotopic (exact) mass is 399 g/mol. The van der Waals surface area contributed by atoms with E-state index in [1.54, 1.807) is 41.9 Å². The van der Waals surface area contributed by atoms with Crippen LogP contribution in [0, 0.1) is 0 Å². The van der Waals surface area contributed by atoms with Crippen LogP contribution < -0.4 is 10.9 Å². The summed E-state index contributed by atoms with van der Waals surface area (Å²) in [6.45, 7) is 1.93. The number of anilines is 1. The van der Waals surface area contributed by atoms with Gasteiger partial charge in [0.05, 0.1) is 22.5 Å². The Morgan fingerprint density at radius 1 is 1.00 bits per heavy atom. The molecule has 0 aliphatic heterocycles. The number of benzene rings is 3. The van der Waals surface area contributed by atoms with Gasteiger partial charge in [-0.2, -0.15) is 0 Å². The number of aromatic nitrogens is 2. The van der Waals surface area contributed by atoms with Crippen molar-refractivity contribution in [1.29, 1.82) is 0 Å². The molecule has 150 valence electrons. The molecular formula is C24H21N3O3. The van der Waals surface area contributed by atoms with Crippen LogP contribution in [0.15, 0.2) is 77.6 Å². The standard InChI is InChI=1S/C24H21N3O3/c1-15(25-20-14-7-6-11-18(20)24(29)30)17-12-8-13-19-21(17)26-22(27(2)23(19)28)16-9-4-3-5-10-16/h3-15,25H,1-2H3,(H,29,30)/t15-/m1/s1. The minimum Gasteiger partial charge on any atom is -0.478 e. The Morgan fingerprint density at radius 2 is 1.70 bits per heavy atom. The van der Waals surface area contributed by atoms with Crippen molar-refractivity contribution in [1.82, 2.24) is 9.55 Å². The number of nitrogens with one attached hydrogen (secondary N) is 1. The molecule has 4 aromatic rings. The lowest BCUT2D eigenvalue weighted by atomic mass is 10.0. The van der Waals surface area contributed by atoms with Gasteiger partial charge in [0.1, 0.15) is 5.82 Å². The average molecular weight is 399 g/mol. The van der Waals surface area contributed by atoms with Crippen LogP contribution in [0.25, 0.3) is 22.3 Å². The Bertz CT molecular complexity index is 1300. The van der Waals surface area contributed by atoms with Crippen LogP contribution in [0.4, 0.5) is 5.69 Å². The first-order valence-corrected chi connectivity index (χ1v) is 9.61. The Kier molecular flexibility index (Phi) is 5.06. The fourth-order valence-corrected chi connectivity index (χ4v) is 3.62. The zero-order valence-corrected chi connectivity index (χ0v) is 16.7. The number of carboxylic acids is 1. The van der Waals surface area contributed by atoms with Crippen LogP contribution in [-0.4, -0.2) is 20.6 Å². The number of nitrogens with zero attached hydrogens (tertiary/aromatic N) is 2. The smallest absolute Gasteiger partial charge is 0.337 e. The molecule has 0 radical (unpaired) electrons. The molecular weight excluding hydrogens is 378 g/mol. The van der Waals surface area contributed by atoms with E-state index in [0.29, 0.717) is 22.4 Å². The Balaban J connectivity index is 1.85. The molecule has 1 aromatic heterocycles. The minimum absolute atomic E-state index is 0.126. The van der Waals surface area contributed by atoms with Crippen LogP contribution >= 0.6 is 0 Å². The van der Waals surface area contributed by atoms with Gasteiger partial charge in [-0.05, 0) is 25.1 Å². The van der Waals surface area contributed by atoms with Crippen LogP contribution in [0.2, 0.25) is 0 Å². The molecule has 0 unspecified atom stereocenters. The first kappa shape index (κ1) is 19.4. The van der Waals surface area contributed by atoms with Crippen molar-refractivity contribution in [2.45, 2.75) is 13.0 Å². The highest BCUT2D eigenvalue weighted by molar-refractivity contribution is 5.94. The molecule has 6 heteroatoms. The molecule has 0 saturated heterocycles. The van der Waals surface area contributed by atoms with Crippen molar-refractivity contribution in [3.8, 4) is 11.4 Å². The molecule has 0 amide bonds. The normalized spacial score (nSPS) is 11.9. The van der Waals surface area contributed by atoms with Gasteiger partial charge in [-0.3, -0.25) is 9.36 Å². The third-order valence-electron chi connectivity index (χ3n) is 5.17. The predicted molar refractivity (Wildman–Crippen MR) is 118 cm³/mol. The SMILES string of the molecule is C[C@@H](Nc1ccccc1C(=O)O)c1cccc2c(=O)n(C)c(-c3ccccc3)nc12. The zero-order valence-electron chi connectivity index (χ0n) is 16.7. The summed E-state index contributed by atoms with van der Waals surface area (Å²) < 4.78 is 1.55. The number of carboxylic acid groups (broad SMARTS) is 1. The van der Waals surface area contributed by atoms with E-state index < -0.39 is 5.97 Å². The predicted octanol–water partition coefficient (Wildman–Crippen LogP) is 4.47. The summed E-state index contributed by atoms with van der Waals surface area (Å²) in [5, 5.41) is 13.2. The van der Waals surface area contributed by atoms with Gasteiger partial charge in [0, 0.05) is 23.9 Å². The molecule has 0 bridgehead atoms. The second-order valence-corrected chi connectivity index (χ2v) is 7.13. The molecule has 30 heavy (non-hydrogen) atoms. The van der Waals surface area contributed by atoms with Crippen molar-refractivity contribution in [2.24, 2.45) is 7.05 Å². The molecule has 1 atom stereocenters. The van der Waals surface area contributed by atoms with Gasteiger partial charge in [0.15, 0.2) is 0 Å². The summed E-state index contributed by atoms with van der Waals surface area (Å²) in [6.07, 6.45) is 0. The summed E-state index contributed by atoms with van der Waals surface area (Å²) in [4.78, 5) is 29.4. The van der Waals surface area contributed by atoms with Crippen LogP contribution in [-0.2, 0) is 7.05 Å². The number of fused-ring (bicyclic) bond motifs is 1. The number of para-hydroxylation sites is 2. The summed E-state index contributed by atoms with van der Waals surface area (Å²) in [7, 11) is 1.72. The van der Waals surface area contributed by atoms with Gasteiger partial charge in [-0.1, -0.05) is 54.6 Å². The third-order valence-corrected chi connectivity index (χ3v) is 5.17. The molecule has 0 aliphatic rings. The van der Waals surface area contributed by atoms with Crippen LogP contribution in [0.3, 0.4) is 0 Å². The maximum Gasteiger partial charge on any atom is 0.337 e. The third kappa shape index (κ3) is 3.43. The molecule has 0 aliphatic carbocycles. The molecule has 6 nitrogen and oxygen atoms in total. The molecule has 3 aromatic carbocycles.